The highest BCUT2D eigenvalue weighted by Gasteiger charge is 2.11. The van der Waals surface area contributed by atoms with Gasteiger partial charge in [0.15, 0.2) is 0 Å². The van der Waals surface area contributed by atoms with Crippen LogP contribution in [0.4, 0.5) is 5.69 Å². The van der Waals surface area contributed by atoms with Crippen LogP contribution in [0, 0.1) is 0 Å². The first-order valence-electron chi connectivity index (χ1n) is 8.20. The number of hydrogen-bond acceptors (Lipinski definition) is 3. The third-order valence-electron chi connectivity index (χ3n) is 4.04. The number of anilines is 1. The second-order valence-corrected chi connectivity index (χ2v) is 5.87. The summed E-state index contributed by atoms with van der Waals surface area (Å²) >= 11 is 0. The van der Waals surface area contributed by atoms with Gasteiger partial charge in [-0.05, 0) is 18.2 Å². The van der Waals surface area contributed by atoms with E-state index in [1.165, 1.54) is 9.08 Å². The zero-order chi connectivity index (χ0) is 17.9. The summed E-state index contributed by atoms with van der Waals surface area (Å²) in [7, 11) is 0. The van der Waals surface area contributed by atoms with Gasteiger partial charge in [0.1, 0.15) is 12.1 Å². The van der Waals surface area contributed by atoms with E-state index in [1.54, 1.807) is 30.6 Å². The fraction of sp³-hybridized carbons (Fsp3) is 0.0500. The smallest absolute Gasteiger partial charge is 0.277 e. The molecule has 2 heterocycles. The van der Waals surface area contributed by atoms with Crippen LogP contribution in [-0.2, 0) is 11.3 Å². The lowest BCUT2D eigenvalue weighted by molar-refractivity contribution is -0.116. The number of para-hydroxylation sites is 1. The minimum absolute atomic E-state index is 0.0594. The van der Waals surface area contributed by atoms with Gasteiger partial charge in [0.2, 0.25) is 5.91 Å². The summed E-state index contributed by atoms with van der Waals surface area (Å²) in [4.78, 5) is 24.9. The first-order chi connectivity index (χ1) is 12.7. The Kier molecular flexibility index (Phi) is 4.07. The molecule has 6 nitrogen and oxygen atoms in total. The summed E-state index contributed by atoms with van der Waals surface area (Å²) in [5.74, 6) is -0.259. The Balaban J connectivity index is 1.61. The maximum absolute atomic E-state index is 12.7. The van der Waals surface area contributed by atoms with Crippen LogP contribution >= 0.6 is 0 Å². The van der Waals surface area contributed by atoms with Crippen molar-refractivity contribution in [3.63, 3.8) is 0 Å². The SMILES string of the molecule is O=C(Cn1ccn2nc(-c3ccccc3)cc2c1=O)Nc1ccccc1. The lowest BCUT2D eigenvalue weighted by Gasteiger charge is -2.07. The zero-order valence-corrected chi connectivity index (χ0v) is 13.9. The van der Waals surface area contributed by atoms with Crippen LogP contribution in [0.2, 0.25) is 0 Å². The Labute approximate surface area is 149 Å². The van der Waals surface area contributed by atoms with Gasteiger partial charge in [-0.2, -0.15) is 5.10 Å². The van der Waals surface area contributed by atoms with Crippen LogP contribution in [0.1, 0.15) is 0 Å². The van der Waals surface area contributed by atoms with Crippen molar-refractivity contribution in [1.29, 1.82) is 0 Å². The van der Waals surface area contributed by atoms with Crippen molar-refractivity contribution in [3.05, 3.63) is 89.5 Å². The topological polar surface area (TPSA) is 68.4 Å². The molecule has 0 aliphatic carbocycles. The van der Waals surface area contributed by atoms with E-state index in [0.29, 0.717) is 16.9 Å². The highest BCUT2D eigenvalue weighted by Crippen LogP contribution is 2.17. The van der Waals surface area contributed by atoms with Crippen molar-refractivity contribution >= 4 is 17.1 Å². The molecule has 0 spiro atoms. The summed E-state index contributed by atoms with van der Waals surface area (Å²) < 4.78 is 2.92. The first kappa shape index (κ1) is 15.8. The highest BCUT2D eigenvalue weighted by atomic mass is 16.2. The predicted molar refractivity (Wildman–Crippen MR) is 100.0 cm³/mol. The number of aromatic nitrogens is 3. The monoisotopic (exact) mass is 344 g/mol. The lowest BCUT2D eigenvalue weighted by Crippen LogP contribution is -2.28. The predicted octanol–water partition coefficient (Wildman–Crippen LogP) is 2.80. The number of hydrogen-bond donors (Lipinski definition) is 1. The van der Waals surface area contributed by atoms with Gasteiger partial charge in [-0.25, -0.2) is 4.52 Å². The zero-order valence-electron chi connectivity index (χ0n) is 13.9. The van der Waals surface area contributed by atoms with Crippen LogP contribution in [0.15, 0.2) is 83.9 Å². The maximum atomic E-state index is 12.7. The van der Waals surface area contributed by atoms with E-state index in [2.05, 4.69) is 10.4 Å². The van der Waals surface area contributed by atoms with Gasteiger partial charge in [-0.1, -0.05) is 48.5 Å². The third-order valence-corrected chi connectivity index (χ3v) is 4.04. The molecule has 26 heavy (non-hydrogen) atoms. The second-order valence-electron chi connectivity index (χ2n) is 5.87. The van der Waals surface area contributed by atoms with Crippen LogP contribution in [-0.4, -0.2) is 20.1 Å². The van der Waals surface area contributed by atoms with Gasteiger partial charge < -0.3 is 9.88 Å². The Morgan fingerprint density at radius 1 is 0.962 bits per heavy atom. The summed E-state index contributed by atoms with van der Waals surface area (Å²) in [6, 6.07) is 20.5. The standard InChI is InChI=1S/C20H16N4O2/c25-19(21-16-9-5-2-6-10-16)14-23-11-12-24-18(20(23)26)13-17(22-24)15-7-3-1-4-8-15/h1-13H,14H2,(H,21,25). The molecule has 0 radical (unpaired) electrons. The van der Waals surface area contributed by atoms with E-state index in [9.17, 15) is 9.59 Å². The summed E-state index contributed by atoms with van der Waals surface area (Å²) in [5.41, 5.74) is 2.52. The first-order valence-corrected chi connectivity index (χ1v) is 8.20. The van der Waals surface area contributed by atoms with Crippen molar-refractivity contribution in [1.82, 2.24) is 14.2 Å². The molecule has 4 rings (SSSR count). The number of fused-ring (bicyclic) bond motifs is 1. The van der Waals surface area contributed by atoms with Crippen LogP contribution in [0.5, 0.6) is 0 Å². The van der Waals surface area contributed by atoms with E-state index >= 15 is 0 Å². The Bertz CT molecular complexity index is 1110. The van der Waals surface area contributed by atoms with Crippen LogP contribution in [0.25, 0.3) is 16.8 Å². The van der Waals surface area contributed by atoms with Crippen molar-refractivity contribution in [3.8, 4) is 11.3 Å². The van der Waals surface area contributed by atoms with Crippen LogP contribution < -0.4 is 10.9 Å². The quantitative estimate of drug-likeness (QED) is 0.619. The molecule has 4 aromatic rings. The Morgan fingerprint density at radius 2 is 1.65 bits per heavy atom. The average Bonchev–Trinajstić information content (AvgIpc) is 3.11. The van der Waals surface area contributed by atoms with Crippen molar-refractivity contribution in [2.45, 2.75) is 6.54 Å². The molecule has 0 aliphatic rings. The van der Waals surface area contributed by atoms with Gasteiger partial charge in [-0.15, -0.1) is 0 Å². The van der Waals surface area contributed by atoms with E-state index < -0.39 is 0 Å². The average molecular weight is 344 g/mol. The minimum atomic E-state index is -0.259. The van der Waals surface area contributed by atoms with Gasteiger partial charge in [-0.3, -0.25) is 9.59 Å². The van der Waals surface area contributed by atoms with Crippen molar-refractivity contribution in [2.75, 3.05) is 5.32 Å². The molecule has 128 valence electrons. The van der Waals surface area contributed by atoms with Gasteiger partial charge in [0, 0.05) is 23.6 Å². The molecule has 0 unspecified atom stereocenters. The molecule has 2 aromatic carbocycles. The molecular weight excluding hydrogens is 328 g/mol. The summed E-state index contributed by atoms with van der Waals surface area (Å²) in [6.45, 7) is -0.0594. The highest BCUT2D eigenvalue weighted by molar-refractivity contribution is 5.90. The number of carbonyl (C=O) groups is 1. The fourth-order valence-corrected chi connectivity index (χ4v) is 2.78. The molecule has 0 saturated carbocycles. The third kappa shape index (κ3) is 3.12. The fourth-order valence-electron chi connectivity index (χ4n) is 2.78. The largest absolute Gasteiger partial charge is 0.325 e. The summed E-state index contributed by atoms with van der Waals surface area (Å²) in [6.07, 6.45) is 3.25. The van der Waals surface area contributed by atoms with Gasteiger partial charge in [0.25, 0.3) is 5.56 Å². The minimum Gasteiger partial charge on any atom is -0.325 e. The number of rotatable bonds is 4. The number of benzene rings is 2. The van der Waals surface area contributed by atoms with E-state index in [4.69, 9.17) is 0 Å². The number of amides is 1. The molecule has 0 saturated heterocycles. The van der Waals surface area contributed by atoms with Gasteiger partial charge >= 0.3 is 0 Å². The number of carbonyl (C=O) groups excluding carboxylic acids is 1. The molecule has 6 heteroatoms. The Morgan fingerprint density at radius 3 is 2.38 bits per heavy atom. The van der Waals surface area contributed by atoms with E-state index in [0.717, 1.165) is 5.56 Å². The van der Waals surface area contributed by atoms with E-state index in [-0.39, 0.29) is 18.0 Å². The molecule has 0 atom stereocenters. The molecule has 0 aliphatic heterocycles. The normalized spacial score (nSPS) is 10.8. The van der Waals surface area contributed by atoms with Crippen molar-refractivity contribution < 1.29 is 4.79 Å². The number of nitrogens with one attached hydrogen (secondary N) is 1. The van der Waals surface area contributed by atoms with E-state index in [1.807, 2.05) is 48.5 Å². The second kappa shape index (κ2) is 6.68. The van der Waals surface area contributed by atoms with Crippen molar-refractivity contribution in [2.24, 2.45) is 0 Å². The molecule has 0 bridgehead atoms. The molecule has 1 N–H and O–H groups in total. The molecule has 2 aromatic heterocycles. The summed E-state index contributed by atoms with van der Waals surface area (Å²) in [5, 5.41) is 7.21. The number of nitrogens with zero attached hydrogens (tertiary/aromatic N) is 3. The maximum Gasteiger partial charge on any atom is 0.277 e. The van der Waals surface area contributed by atoms with Crippen LogP contribution in [0.3, 0.4) is 0 Å². The Hall–Kier alpha value is -3.67. The molecular formula is C20H16N4O2. The molecule has 0 fully saturated rings. The lowest BCUT2D eigenvalue weighted by atomic mass is 10.1. The molecule has 1 amide bonds. The van der Waals surface area contributed by atoms with Gasteiger partial charge in [0.05, 0.1) is 5.69 Å².